The normalized spacial score (nSPS) is 15.1. The molecule has 0 radical (unpaired) electrons. The Morgan fingerprint density at radius 1 is 1.53 bits per heavy atom. The van der Waals surface area contributed by atoms with Gasteiger partial charge in [-0.3, -0.25) is 0 Å². The lowest BCUT2D eigenvalue weighted by Crippen LogP contribution is -2.35. The van der Waals surface area contributed by atoms with Crippen LogP contribution in [0.2, 0.25) is 0 Å². The molecule has 3 heteroatoms. The lowest BCUT2D eigenvalue weighted by atomic mass is 9.89. The minimum absolute atomic E-state index is 0.00314. The molecule has 0 aromatic carbocycles. The number of hydrogen-bond donors (Lipinski definition) is 2. The third-order valence-electron chi connectivity index (χ3n) is 2.92. The molecule has 2 N–H and O–H groups in total. The summed E-state index contributed by atoms with van der Waals surface area (Å²) in [7, 11) is 0. The van der Waals surface area contributed by atoms with Crippen molar-refractivity contribution in [2.75, 3.05) is 19.7 Å². The molecule has 0 saturated heterocycles. The van der Waals surface area contributed by atoms with Gasteiger partial charge < -0.3 is 14.8 Å². The predicted octanol–water partition coefficient (Wildman–Crippen LogP) is 1.82. The number of aliphatic hydroxyl groups is 1. The summed E-state index contributed by atoms with van der Waals surface area (Å²) in [5.41, 5.74) is 0.00314. The van der Waals surface area contributed by atoms with Gasteiger partial charge in [-0.2, -0.15) is 0 Å². The highest BCUT2D eigenvalue weighted by molar-refractivity contribution is 4.98. The summed E-state index contributed by atoms with van der Waals surface area (Å²) in [5, 5.41) is 12.6. The van der Waals surface area contributed by atoms with Crippen LogP contribution in [0.4, 0.5) is 0 Å². The number of aliphatic hydroxyl groups excluding tert-OH is 1. The van der Waals surface area contributed by atoms with Crippen LogP contribution in [0.15, 0.2) is 22.8 Å². The lowest BCUT2D eigenvalue weighted by molar-refractivity contribution is 0.135. The maximum absolute atomic E-state index is 9.21. The average Bonchev–Trinajstić information content (AvgIpc) is 2.77. The van der Waals surface area contributed by atoms with Gasteiger partial charge in [-0.1, -0.05) is 13.8 Å². The molecule has 0 spiro atoms. The Kier molecular flexibility index (Phi) is 4.85. The maximum atomic E-state index is 9.21. The van der Waals surface area contributed by atoms with E-state index in [4.69, 9.17) is 4.42 Å². The predicted molar refractivity (Wildman–Crippen MR) is 60.8 cm³/mol. The molecule has 1 heterocycles. The molecule has 86 valence electrons. The quantitative estimate of drug-likeness (QED) is 0.676. The summed E-state index contributed by atoms with van der Waals surface area (Å²) in [6, 6.07) is 3.88. The van der Waals surface area contributed by atoms with Crippen molar-refractivity contribution in [3.05, 3.63) is 24.2 Å². The van der Waals surface area contributed by atoms with Gasteiger partial charge in [0, 0.05) is 31.5 Å². The van der Waals surface area contributed by atoms with Crippen LogP contribution >= 0.6 is 0 Å². The highest BCUT2D eigenvalue weighted by Crippen LogP contribution is 2.18. The Hall–Kier alpha value is -0.800. The van der Waals surface area contributed by atoms with Gasteiger partial charge in [0.05, 0.1) is 6.26 Å². The van der Waals surface area contributed by atoms with Gasteiger partial charge in [0.25, 0.3) is 0 Å². The van der Waals surface area contributed by atoms with Gasteiger partial charge in [0.1, 0.15) is 5.76 Å². The summed E-state index contributed by atoms with van der Waals surface area (Å²) in [6.07, 6.45) is 3.58. The highest BCUT2D eigenvalue weighted by atomic mass is 16.3. The van der Waals surface area contributed by atoms with Crippen molar-refractivity contribution in [1.29, 1.82) is 0 Å². The summed E-state index contributed by atoms with van der Waals surface area (Å²) in [5.74, 6) is 1.00. The standard InChI is InChI=1S/C12H21NO2/c1-3-12(2,10-14)9-13-7-6-11-5-4-8-15-11/h4-5,8,13-14H,3,6-7,9-10H2,1-2H3. The largest absolute Gasteiger partial charge is 0.469 e. The van der Waals surface area contributed by atoms with E-state index in [1.54, 1.807) is 6.26 Å². The van der Waals surface area contributed by atoms with Gasteiger partial charge in [-0.05, 0) is 18.6 Å². The Morgan fingerprint density at radius 2 is 2.33 bits per heavy atom. The smallest absolute Gasteiger partial charge is 0.105 e. The first-order valence-corrected chi connectivity index (χ1v) is 5.54. The molecule has 1 rings (SSSR count). The maximum Gasteiger partial charge on any atom is 0.105 e. The topological polar surface area (TPSA) is 45.4 Å². The van der Waals surface area contributed by atoms with Crippen molar-refractivity contribution >= 4 is 0 Å². The monoisotopic (exact) mass is 211 g/mol. The first kappa shape index (κ1) is 12.3. The van der Waals surface area contributed by atoms with Crippen LogP contribution in [0.1, 0.15) is 26.0 Å². The summed E-state index contributed by atoms with van der Waals surface area (Å²) >= 11 is 0. The number of nitrogens with one attached hydrogen (secondary N) is 1. The second-order valence-electron chi connectivity index (χ2n) is 4.33. The minimum atomic E-state index is 0.00314. The summed E-state index contributed by atoms with van der Waals surface area (Å²) < 4.78 is 5.23. The van der Waals surface area contributed by atoms with Crippen molar-refractivity contribution < 1.29 is 9.52 Å². The van der Waals surface area contributed by atoms with Crippen molar-refractivity contribution in [3.8, 4) is 0 Å². The molecule has 0 saturated carbocycles. The van der Waals surface area contributed by atoms with Gasteiger partial charge in [-0.25, -0.2) is 0 Å². The zero-order valence-electron chi connectivity index (χ0n) is 9.62. The van der Waals surface area contributed by atoms with E-state index in [0.29, 0.717) is 0 Å². The zero-order valence-corrected chi connectivity index (χ0v) is 9.62. The van der Waals surface area contributed by atoms with E-state index in [9.17, 15) is 5.11 Å². The molecule has 0 aliphatic heterocycles. The van der Waals surface area contributed by atoms with E-state index in [-0.39, 0.29) is 12.0 Å². The zero-order chi connectivity index (χ0) is 11.1. The number of hydrogen-bond acceptors (Lipinski definition) is 3. The van der Waals surface area contributed by atoms with Crippen LogP contribution in [0.5, 0.6) is 0 Å². The second kappa shape index (κ2) is 5.93. The molecule has 1 aromatic rings. The lowest BCUT2D eigenvalue weighted by Gasteiger charge is -2.25. The first-order chi connectivity index (χ1) is 7.20. The van der Waals surface area contributed by atoms with E-state index in [0.717, 1.165) is 31.7 Å². The fraction of sp³-hybridized carbons (Fsp3) is 0.667. The SMILES string of the molecule is CCC(C)(CO)CNCCc1ccco1. The highest BCUT2D eigenvalue weighted by Gasteiger charge is 2.19. The Balaban J connectivity index is 2.16. The Morgan fingerprint density at radius 3 is 2.87 bits per heavy atom. The molecule has 1 aromatic heterocycles. The third-order valence-corrected chi connectivity index (χ3v) is 2.92. The third kappa shape index (κ3) is 4.06. The van der Waals surface area contributed by atoms with Crippen LogP contribution < -0.4 is 5.32 Å². The molecule has 0 fully saturated rings. The Bertz CT molecular complexity index is 253. The molecule has 0 amide bonds. The van der Waals surface area contributed by atoms with Gasteiger partial charge in [0.2, 0.25) is 0 Å². The Labute approximate surface area is 91.5 Å². The van der Waals surface area contributed by atoms with Crippen LogP contribution in [0.3, 0.4) is 0 Å². The number of furan rings is 1. The van der Waals surface area contributed by atoms with Crippen LogP contribution in [0.25, 0.3) is 0 Å². The van der Waals surface area contributed by atoms with E-state index < -0.39 is 0 Å². The molecule has 0 aliphatic carbocycles. The van der Waals surface area contributed by atoms with Crippen molar-refractivity contribution in [1.82, 2.24) is 5.32 Å². The minimum Gasteiger partial charge on any atom is -0.469 e. The van der Waals surface area contributed by atoms with Crippen LogP contribution in [-0.4, -0.2) is 24.8 Å². The molecular weight excluding hydrogens is 190 g/mol. The van der Waals surface area contributed by atoms with Crippen molar-refractivity contribution in [2.45, 2.75) is 26.7 Å². The summed E-state index contributed by atoms with van der Waals surface area (Å²) in [4.78, 5) is 0. The van der Waals surface area contributed by atoms with Gasteiger partial charge in [0.15, 0.2) is 0 Å². The van der Waals surface area contributed by atoms with E-state index in [1.807, 2.05) is 12.1 Å². The molecular formula is C12H21NO2. The molecule has 0 aliphatic rings. The average molecular weight is 211 g/mol. The number of rotatable bonds is 7. The molecule has 15 heavy (non-hydrogen) atoms. The van der Waals surface area contributed by atoms with E-state index in [2.05, 4.69) is 19.2 Å². The van der Waals surface area contributed by atoms with Crippen molar-refractivity contribution in [2.24, 2.45) is 5.41 Å². The fourth-order valence-electron chi connectivity index (χ4n) is 1.35. The molecule has 0 bridgehead atoms. The molecule has 1 atom stereocenters. The summed E-state index contributed by atoms with van der Waals surface area (Å²) in [6.45, 7) is 6.17. The molecule has 1 unspecified atom stereocenters. The van der Waals surface area contributed by atoms with E-state index in [1.165, 1.54) is 0 Å². The molecule has 3 nitrogen and oxygen atoms in total. The van der Waals surface area contributed by atoms with E-state index >= 15 is 0 Å². The fourth-order valence-corrected chi connectivity index (χ4v) is 1.35. The van der Waals surface area contributed by atoms with Crippen molar-refractivity contribution in [3.63, 3.8) is 0 Å². The van der Waals surface area contributed by atoms with Gasteiger partial charge >= 0.3 is 0 Å². The van der Waals surface area contributed by atoms with Crippen LogP contribution in [0, 0.1) is 5.41 Å². The van der Waals surface area contributed by atoms with Crippen LogP contribution in [-0.2, 0) is 6.42 Å². The second-order valence-corrected chi connectivity index (χ2v) is 4.33. The first-order valence-electron chi connectivity index (χ1n) is 5.54. The van der Waals surface area contributed by atoms with Gasteiger partial charge in [-0.15, -0.1) is 0 Å².